The molecule has 3 heterocycles. The third-order valence-electron chi connectivity index (χ3n) is 5.45. The topological polar surface area (TPSA) is 87.2 Å². The summed E-state index contributed by atoms with van der Waals surface area (Å²) in [5.41, 5.74) is 1.92. The minimum Gasteiger partial charge on any atom is -0.310 e. The summed E-state index contributed by atoms with van der Waals surface area (Å²) in [5, 5.41) is 7.66. The van der Waals surface area contributed by atoms with Crippen molar-refractivity contribution in [2.75, 3.05) is 30.3 Å². The number of carbonyl (C=O) groups excluding carboxylic acids is 2. The molecule has 1 aliphatic heterocycles. The number of aromatic nitrogens is 2. The third kappa shape index (κ3) is 5.96. The Balaban J connectivity index is 1.24. The molecule has 7 nitrogen and oxygen atoms in total. The zero-order valence-corrected chi connectivity index (χ0v) is 18.8. The van der Waals surface area contributed by atoms with Gasteiger partial charge in [0, 0.05) is 23.1 Å². The molecule has 2 aromatic heterocycles. The molecule has 1 saturated heterocycles. The molecule has 1 aromatic carbocycles. The number of amides is 2. The van der Waals surface area contributed by atoms with Gasteiger partial charge in [0.25, 0.3) is 0 Å². The molecule has 33 heavy (non-hydrogen) atoms. The first-order valence-electron chi connectivity index (χ1n) is 10.5. The second kappa shape index (κ2) is 10.1. The van der Waals surface area contributed by atoms with Crippen molar-refractivity contribution in [3.63, 3.8) is 0 Å². The van der Waals surface area contributed by atoms with Gasteiger partial charge >= 0.3 is 0 Å². The summed E-state index contributed by atoms with van der Waals surface area (Å²) in [6.07, 6.45) is 3.02. The minimum absolute atomic E-state index is 0.0528. The molecule has 1 aliphatic rings. The van der Waals surface area contributed by atoms with E-state index in [1.807, 2.05) is 17.9 Å². The van der Waals surface area contributed by atoms with Gasteiger partial charge < -0.3 is 10.6 Å². The fourth-order valence-electron chi connectivity index (χ4n) is 3.60. The van der Waals surface area contributed by atoms with E-state index in [0.29, 0.717) is 48.1 Å². The molecule has 0 radical (unpaired) electrons. The lowest BCUT2D eigenvalue weighted by atomic mass is 9.96. The van der Waals surface area contributed by atoms with E-state index in [0.717, 1.165) is 17.7 Å². The normalized spacial score (nSPS) is 14.8. The SMILES string of the molecule is Cc1ccc(NC(=O)C2CCN(CC(=O)Nc3nc(-c4ccc(F)c(F)c4)cs3)CC2)nc1. The van der Waals surface area contributed by atoms with Crippen molar-refractivity contribution in [1.82, 2.24) is 14.9 Å². The molecule has 2 N–H and O–H groups in total. The van der Waals surface area contributed by atoms with Crippen molar-refractivity contribution in [3.05, 3.63) is 59.1 Å². The van der Waals surface area contributed by atoms with Crippen LogP contribution in [0.25, 0.3) is 11.3 Å². The average molecular weight is 472 g/mol. The molecule has 3 aromatic rings. The predicted octanol–water partition coefficient (Wildman–Crippen LogP) is 4.08. The van der Waals surface area contributed by atoms with Crippen LogP contribution in [0.15, 0.2) is 41.9 Å². The summed E-state index contributed by atoms with van der Waals surface area (Å²) in [6.45, 7) is 3.38. The molecular formula is C23H23F2N5O2S. The fraction of sp³-hybridized carbons (Fsp3) is 0.304. The first-order valence-corrected chi connectivity index (χ1v) is 11.4. The molecule has 0 bridgehead atoms. The predicted molar refractivity (Wildman–Crippen MR) is 123 cm³/mol. The zero-order valence-electron chi connectivity index (χ0n) is 18.0. The van der Waals surface area contributed by atoms with Crippen molar-refractivity contribution < 1.29 is 18.4 Å². The van der Waals surface area contributed by atoms with Crippen LogP contribution in [0.2, 0.25) is 0 Å². The Morgan fingerprint density at radius 1 is 1.12 bits per heavy atom. The summed E-state index contributed by atoms with van der Waals surface area (Å²) < 4.78 is 26.6. The highest BCUT2D eigenvalue weighted by Gasteiger charge is 2.26. The van der Waals surface area contributed by atoms with Gasteiger partial charge in [0.15, 0.2) is 16.8 Å². The number of aryl methyl sites for hydroxylation is 1. The number of carbonyl (C=O) groups is 2. The van der Waals surface area contributed by atoms with Gasteiger partial charge in [-0.05, 0) is 62.7 Å². The Morgan fingerprint density at radius 3 is 2.61 bits per heavy atom. The Bertz CT molecular complexity index is 1140. The number of rotatable bonds is 6. The summed E-state index contributed by atoms with van der Waals surface area (Å²) in [4.78, 5) is 35.4. The number of nitrogens with zero attached hydrogens (tertiary/aromatic N) is 3. The first kappa shape index (κ1) is 22.9. The van der Waals surface area contributed by atoms with Crippen LogP contribution in [-0.4, -0.2) is 46.3 Å². The molecule has 4 rings (SSSR count). The van der Waals surface area contributed by atoms with Crippen molar-refractivity contribution in [2.45, 2.75) is 19.8 Å². The average Bonchev–Trinajstić information content (AvgIpc) is 3.26. The van der Waals surface area contributed by atoms with Crippen LogP contribution >= 0.6 is 11.3 Å². The van der Waals surface area contributed by atoms with Crippen molar-refractivity contribution in [2.24, 2.45) is 5.92 Å². The molecule has 0 aliphatic carbocycles. The second-order valence-corrected chi connectivity index (χ2v) is 8.83. The number of hydrogen-bond donors (Lipinski definition) is 2. The number of likely N-dealkylation sites (tertiary alicyclic amines) is 1. The van der Waals surface area contributed by atoms with Gasteiger partial charge in [-0.15, -0.1) is 11.3 Å². The van der Waals surface area contributed by atoms with E-state index in [9.17, 15) is 18.4 Å². The standard InChI is InChI=1S/C23H23F2N5O2S/c1-14-2-5-20(26-11-14)28-22(32)15-6-8-30(9-7-15)12-21(31)29-23-27-19(13-33-23)16-3-4-17(24)18(25)10-16/h2-5,10-11,13,15H,6-9,12H2,1H3,(H,26,28,32)(H,27,29,31). The van der Waals surface area contributed by atoms with Gasteiger partial charge in [-0.1, -0.05) is 6.07 Å². The third-order valence-corrected chi connectivity index (χ3v) is 6.21. The summed E-state index contributed by atoms with van der Waals surface area (Å²) in [5.74, 6) is -1.71. The number of pyridine rings is 1. The molecule has 1 fully saturated rings. The monoisotopic (exact) mass is 471 g/mol. The molecule has 0 saturated carbocycles. The fourth-order valence-corrected chi connectivity index (χ4v) is 4.34. The largest absolute Gasteiger partial charge is 0.310 e. The van der Waals surface area contributed by atoms with Gasteiger partial charge in [0.05, 0.1) is 12.2 Å². The molecule has 0 atom stereocenters. The maximum absolute atomic E-state index is 13.4. The second-order valence-electron chi connectivity index (χ2n) is 7.98. The van der Waals surface area contributed by atoms with Crippen LogP contribution in [0.3, 0.4) is 0 Å². The summed E-state index contributed by atoms with van der Waals surface area (Å²) >= 11 is 1.21. The Labute approximate surface area is 193 Å². The van der Waals surface area contributed by atoms with Gasteiger partial charge in [0.2, 0.25) is 11.8 Å². The maximum atomic E-state index is 13.4. The minimum atomic E-state index is -0.946. The number of anilines is 2. The molecule has 0 spiro atoms. The number of hydrogen-bond acceptors (Lipinski definition) is 6. The summed E-state index contributed by atoms with van der Waals surface area (Å²) in [6, 6.07) is 7.24. The van der Waals surface area contributed by atoms with Crippen LogP contribution in [-0.2, 0) is 9.59 Å². The quantitative estimate of drug-likeness (QED) is 0.566. The highest BCUT2D eigenvalue weighted by Crippen LogP contribution is 2.26. The molecule has 2 amide bonds. The molecule has 172 valence electrons. The Morgan fingerprint density at radius 2 is 1.91 bits per heavy atom. The van der Waals surface area contributed by atoms with Crippen LogP contribution in [0.1, 0.15) is 18.4 Å². The molecule has 10 heteroatoms. The van der Waals surface area contributed by atoms with Crippen LogP contribution in [0.4, 0.5) is 19.7 Å². The van der Waals surface area contributed by atoms with E-state index in [-0.39, 0.29) is 24.3 Å². The Hall–Kier alpha value is -3.24. The van der Waals surface area contributed by atoms with Gasteiger partial charge in [-0.3, -0.25) is 14.5 Å². The van der Waals surface area contributed by atoms with Crippen LogP contribution in [0, 0.1) is 24.5 Å². The number of nitrogens with one attached hydrogen (secondary N) is 2. The van der Waals surface area contributed by atoms with Crippen molar-refractivity contribution in [1.29, 1.82) is 0 Å². The van der Waals surface area contributed by atoms with Crippen molar-refractivity contribution >= 4 is 34.1 Å². The van der Waals surface area contributed by atoms with E-state index in [2.05, 4.69) is 20.6 Å². The molecular weight excluding hydrogens is 448 g/mol. The maximum Gasteiger partial charge on any atom is 0.240 e. The number of thiazole rings is 1. The van der Waals surface area contributed by atoms with E-state index in [1.165, 1.54) is 17.4 Å². The number of benzene rings is 1. The zero-order chi connectivity index (χ0) is 23.4. The summed E-state index contributed by atoms with van der Waals surface area (Å²) in [7, 11) is 0. The van der Waals surface area contributed by atoms with Crippen molar-refractivity contribution in [3.8, 4) is 11.3 Å². The first-order chi connectivity index (χ1) is 15.9. The lowest BCUT2D eigenvalue weighted by Crippen LogP contribution is -2.41. The lowest BCUT2D eigenvalue weighted by Gasteiger charge is -2.30. The molecule has 0 unspecified atom stereocenters. The van der Waals surface area contributed by atoms with E-state index < -0.39 is 11.6 Å². The van der Waals surface area contributed by atoms with Gasteiger partial charge in [0.1, 0.15) is 5.82 Å². The smallest absolute Gasteiger partial charge is 0.240 e. The van der Waals surface area contributed by atoms with E-state index >= 15 is 0 Å². The van der Waals surface area contributed by atoms with Gasteiger partial charge in [-0.2, -0.15) is 0 Å². The Kier molecular flexibility index (Phi) is 7.05. The number of piperidine rings is 1. The van der Waals surface area contributed by atoms with Crippen LogP contribution in [0.5, 0.6) is 0 Å². The number of halogens is 2. The van der Waals surface area contributed by atoms with E-state index in [1.54, 1.807) is 17.6 Å². The highest BCUT2D eigenvalue weighted by molar-refractivity contribution is 7.14. The van der Waals surface area contributed by atoms with E-state index in [4.69, 9.17) is 0 Å². The van der Waals surface area contributed by atoms with Gasteiger partial charge in [-0.25, -0.2) is 18.7 Å². The highest BCUT2D eigenvalue weighted by atomic mass is 32.1. The lowest BCUT2D eigenvalue weighted by molar-refractivity contribution is -0.121. The van der Waals surface area contributed by atoms with Crippen LogP contribution < -0.4 is 10.6 Å².